The Balaban J connectivity index is 2.10. The SMILES string of the molecule is C=CC1CN(C(=O)c2ccccc2)C(=O)/C1=C(/Br)CCCCCCC. The molecule has 0 saturated carbocycles. The van der Waals surface area contributed by atoms with Crippen LogP contribution in [0.25, 0.3) is 0 Å². The Kier molecular flexibility index (Phi) is 7.63. The molecule has 0 aliphatic carbocycles. The molecule has 2 rings (SSSR count). The van der Waals surface area contributed by atoms with Crippen molar-refractivity contribution in [2.45, 2.75) is 45.4 Å². The standard InChI is InChI=1S/C21H26BrNO2/c1-3-5-6-7-11-14-18(22)19-16(4-2)15-23(21(19)25)20(24)17-12-9-8-10-13-17/h4,8-10,12-13,16H,2-3,5-7,11,14-15H2,1H3/b19-18+. The van der Waals surface area contributed by atoms with Gasteiger partial charge in [-0.2, -0.15) is 0 Å². The van der Waals surface area contributed by atoms with Crippen molar-refractivity contribution in [2.24, 2.45) is 5.92 Å². The number of halogens is 1. The summed E-state index contributed by atoms with van der Waals surface area (Å²) in [4.78, 5) is 26.8. The Hall–Kier alpha value is -1.68. The third kappa shape index (κ3) is 4.91. The summed E-state index contributed by atoms with van der Waals surface area (Å²) in [5.41, 5.74) is 1.23. The Labute approximate surface area is 158 Å². The van der Waals surface area contributed by atoms with Gasteiger partial charge in [0.2, 0.25) is 0 Å². The molecular weight excluding hydrogens is 378 g/mol. The highest BCUT2D eigenvalue weighted by Crippen LogP contribution is 2.33. The number of rotatable bonds is 8. The molecule has 1 fully saturated rings. The van der Waals surface area contributed by atoms with Crippen molar-refractivity contribution >= 4 is 27.7 Å². The molecule has 0 bridgehead atoms. The number of allylic oxidation sites excluding steroid dienone is 1. The molecule has 25 heavy (non-hydrogen) atoms. The Morgan fingerprint density at radius 1 is 1.24 bits per heavy atom. The van der Waals surface area contributed by atoms with E-state index >= 15 is 0 Å². The Bertz CT molecular complexity index is 651. The van der Waals surface area contributed by atoms with Gasteiger partial charge in [-0.05, 0) is 25.0 Å². The summed E-state index contributed by atoms with van der Waals surface area (Å²) in [7, 11) is 0. The minimum absolute atomic E-state index is 0.106. The van der Waals surface area contributed by atoms with Crippen molar-refractivity contribution in [3.63, 3.8) is 0 Å². The summed E-state index contributed by atoms with van der Waals surface area (Å²) < 4.78 is 0.919. The molecule has 1 saturated heterocycles. The molecule has 1 aliphatic rings. The van der Waals surface area contributed by atoms with Gasteiger partial charge < -0.3 is 0 Å². The average Bonchev–Trinajstić information content (AvgIpc) is 2.98. The van der Waals surface area contributed by atoms with Crippen LogP contribution in [0.15, 0.2) is 53.0 Å². The molecule has 1 heterocycles. The first kappa shape index (κ1) is 19.6. The zero-order chi connectivity index (χ0) is 18.2. The quantitative estimate of drug-likeness (QED) is 0.249. The second-order valence-corrected chi connectivity index (χ2v) is 7.37. The summed E-state index contributed by atoms with van der Waals surface area (Å²) in [6, 6.07) is 8.95. The number of carbonyl (C=O) groups excluding carboxylic acids is 2. The van der Waals surface area contributed by atoms with Crippen LogP contribution in [0.2, 0.25) is 0 Å². The van der Waals surface area contributed by atoms with Crippen molar-refractivity contribution < 1.29 is 9.59 Å². The second-order valence-electron chi connectivity index (χ2n) is 6.41. The van der Waals surface area contributed by atoms with Crippen LogP contribution in [-0.4, -0.2) is 23.3 Å². The average molecular weight is 404 g/mol. The maximum atomic E-state index is 12.8. The van der Waals surface area contributed by atoms with Gasteiger partial charge >= 0.3 is 0 Å². The van der Waals surface area contributed by atoms with Crippen molar-refractivity contribution in [1.82, 2.24) is 4.90 Å². The van der Waals surface area contributed by atoms with Crippen LogP contribution in [-0.2, 0) is 4.79 Å². The van der Waals surface area contributed by atoms with E-state index in [0.717, 1.165) is 23.7 Å². The van der Waals surface area contributed by atoms with E-state index in [0.29, 0.717) is 17.7 Å². The van der Waals surface area contributed by atoms with Crippen LogP contribution in [0, 0.1) is 5.92 Å². The molecule has 4 heteroatoms. The lowest BCUT2D eigenvalue weighted by atomic mass is 10.0. The van der Waals surface area contributed by atoms with Crippen LogP contribution in [0.1, 0.15) is 55.8 Å². The summed E-state index contributed by atoms with van der Waals surface area (Å²) >= 11 is 3.60. The van der Waals surface area contributed by atoms with Gasteiger partial charge in [0, 0.05) is 28.1 Å². The zero-order valence-electron chi connectivity index (χ0n) is 14.8. The second kappa shape index (κ2) is 9.71. The zero-order valence-corrected chi connectivity index (χ0v) is 16.4. The Morgan fingerprint density at radius 2 is 1.92 bits per heavy atom. The predicted octanol–water partition coefficient (Wildman–Crippen LogP) is 5.48. The van der Waals surface area contributed by atoms with Crippen molar-refractivity contribution in [3.05, 3.63) is 58.6 Å². The molecule has 2 amide bonds. The van der Waals surface area contributed by atoms with Gasteiger partial charge in [-0.1, -0.05) is 72.8 Å². The number of hydrogen-bond acceptors (Lipinski definition) is 2. The number of nitrogens with zero attached hydrogens (tertiary/aromatic N) is 1. The van der Waals surface area contributed by atoms with E-state index in [1.165, 1.54) is 24.2 Å². The fourth-order valence-electron chi connectivity index (χ4n) is 3.11. The van der Waals surface area contributed by atoms with Gasteiger partial charge in [-0.15, -0.1) is 6.58 Å². The summed E-state index contributed by atoms with van der Waals surface area (Å²) in [6.07, 6.45) is 8.51. The number of unbranched alkanes of at least 4 members (excludes halogenated alkanes) is 4. The molecule has 0 N–H and O–H groups in total. The first-order chi connectivity index (χ1) is 12.1. The van der Waals surface area contributed by atoms with Crippen LogP contribution >= 0.6 is 15.9 Å². The van der Waals surface area contributed by atoms with E-state index in [4.69, 9.17) is 0 Å². The third-order valence-corrected chi connectivity index (χ3v) is 5.39. The van der Waals surface area contributed by atoms with E-state index in [1.807, 2.05) is 18.2 Å². The van der Waals surface area contributed by atoms with Crippen molar-refractivity contribution in [2.75, 3.05) is 6.54 Å². The molecule has 1 unspecified atom stereocenters. The molecule has 1 atom stereocenters. The van der Waals surface area contributed by atoms with Gasteiger partial charge in [-0.3, -0.25) is 14.5 Å². The number of benzene rings is 1. The lowest BCUT2D eigenvalue weighted by Gasteiger charge is -2.13. The summed E-state index contributed by atoms with van der Waals surface area (Å²) in [6.45, 7) is 6.42. The van der Waals surface area contributed by atoms with Crippen LogP contribution in [0.3, 0.4) is 0 Å². The highest BCUT2D eigenvalue weighted by atomic mass is 79.9. The van der Waals surface area contributed by atoms with Gasteiger partial charge in [0.05, 0.1) is 0 Å². The number of likely N-dealkylation sites (tertiary alicyclic amines) is 1. The first-order valence-corrected chi connectivity index (χ1v) is 9.81. The van der Waals surface area contributed by atoms with Gasteiger partial charge in [0.15, 0.2) is 0 Å². The third-order valence-electron chi connectivity index (χ3n) is 4.57. The van der Waals surface area contributed by atoms with E-state index < -0.39 is 0 Å². The minimum Gasteiger partial charge on any atom is -0.274 e. The highest BCUT2D eigenvalue weighted by molar-refractivity contribution is 9.11. The molecule has 1 aromatic rings. The van der Waals surface area contributed by atoms with Crippen LogP contribution in [0.4, 0.5) is 0 Å². The maximum absolute atomic E-state index is 12.8. The molecule has 0 spiro atoms. The number of hydrogen-bond donors (Lipinski definition) is 0. The monoisotopic (exact) mass is 403 g/mol. The van der Waals surface area contributed by atoms with Crippen molar-refractivity contribution in [3.8, 4) is 0 Å². The van der Waals surface area contributed by atoms with Gasteiger partial charge in [0.25, 0.3) is 11.8 Å². The first-order valence-electron chi connectivity index (χ1n) is 9.02. The lowest BCUT2D eigenvalue weighted by Crippen LogP contribution is -2.32. The number of imide groups is 1. The van der Waals surface area contributed by atoms with E-state index in [9.17, 15) is 9.59 Å². The largest absolute Gasteiger partial charge is 0.274 e. The fourth-order valence-corrected chi connectivity index (χ4v) is 3.86. The number of amides is 2. The fraction of sp³-hybridized carbons (Fsp3) is 0.429. The predicted molar refractivity (Wildman–Crippen MR) is 106 cm³/mol. The summed E-state index contributed by atoms with van der Waals surface area (Å²) in [5.74, 6) is -0.542. The number of carbonyl (C=O) groups is 2. The molecule has 1 aliphatic heterocycles. The molecule has 3 nitrogen and oxygen atoms in total. The van der Waals surface area contributed by atoms with E-state index in [-0.39, 0.29) is 17.7 Å². The van der Waals surface area contributed by atoms with Crippen LogP contribution in [0.5, 0.6) is 0 Å². The molecule has 0 radical (unpaired) electrons. The van der Waals surface area contributed by atoms with Crippen molar-refractivity contribution in [1.29, 1.82) is 0 Å². The smallest absolute Gasteiger partial charge is 0.260 e. The van der Waals surface area contributed by atoms with E-state index in [2.05, 4.69) is 29.4 Å². The normalized spacial score (nSPS) is 19.2. The molecule has 0 aromatic heterocycles. The maximum Gasteiger partial charge on any atom is 0.260 e. The van der Waals surface area contributed by atoms with Gasteiger partial charge in [-0.25, -0.2) is 0 Å². The molecule has 134 valence electrons. The summed E-state index contributed by atoms with van der Waals surface area (Å²) in [5, 5.41) is 0. The molecule has 1 aromatic carbocycles. The highest BCUT2D eigenvalue weighted by Gasteiger charge is 2.38. The minimum atomic E-state index is -0.240. The Morgan fingerprint density at radius 3 is 2.56 bits per heavy atom. The van der Waals surface area contributed by atoms with Crippen LogP contribution < -0.4 is 0 Å². The molecular formula is C21H26BrNO2. The van der Waals surface area contributed by atoms with Gasteiger partial charge in [0.1, 0.15) is 0 Å². The topological polar surface area (TPSA) is 37.4 Å². The van der Waals surface area contributed by atoms with E-state index in [1.54, 1.807) is 18.2 Å². The lowest BCUT2D eigenvalue weighted by molar-refractivity contribution is -0.122.